The first-order valence-corrected chi connectivity index (χ1v) is 33.8. The van der Waals surface area contributed by atoms with Crippen molar-refractivity contribution in [3.63, 3.8) is 0 Å². The zero-order chi connectivity index (χ0) is 59.8. The van der Waals surface area contributed by atoms with Crippen LogP contribution in [-0.4, -0.2) is 131 Å². The number of esters is 1. The number of ether oxygens (including phenoxy) is 1. The summed E-state index contributed by atoms with van der Waals surface area (Å²) in [7, 11) is 2.98. The number of nitrogens with two attached hydrogens (primary N) is 2. The highest BCUT2D eigenvalue weighted by Gasteiger charge is 2.75. The van der Waals surface area contributed by atoms with E-state index in [1.54, 1.807) is 31.2 Å². The van der Waals surface area contributed by atoms with Crippen molar-refractivity contribution in [1.29, 1.82) is 0 Å². The van der Waals surface area contributed by atoms with Crippen LogP contribution in [0.15, 0.2) is 70.6 Å². The molecule has 7 aliphatic carbocycles. The first-order chi connectivity index (χ1) is 40.1. The lowest BCUT2D eigenvalue weighted by molar-refractivity contribution is -0.193. The molecule has 4 saturated carbocycles. The summed E-state index contributed by atoms with van der Waals surface area (Å²) < 4.78 is 6.31. The lowest BCUT2D eigenvalue weighted by Crippen LogP contribution is -2.67. The number of fused-ring (bicyclic) bond motifs is 10. The molecule has 3 heterocycles. The Labute approximate surface area is 503 Å². The number of aliphatic imine (C=N–C) groups is 1. The monoisotopic (exact) mass is 1190 g/mol. The molecule has 23 atom stereocenters. The van der Waals surface area contributed by atoms with E-state index in [0.717, 1.165) is 36.8 Å². The van der Waals surface area contributed by atoms with Gasteiger partial charge in [0.25, 0.3) is 0 Å². The fourth-order valence-electron chi connectivity index (χ4n) is 19.4. The molecule has 6 fully saturated rings. The van der Waals surface area contributed by atoms with Gasteiger partial charge in [0.1, 0.15) is 17.9 Å². The number of allylic oxidation sites excluding steroid dienone is 3. The molecule has 0 spiro atoms. The summed E-state index contributed by atoms with van der Waals surface area (Å²) in [5.41, 5.74) is 9.46. The fraction of sp³-hybridized carbons (Fsp3) is 0.697. The number of nitrogens with zero attached hydrogens (tertiary/aromatic N) is 1. The Morgan fingerprint density at radius 1 is 0.940 bits per heavy atom. The minimum absolute atomic E-state index is 0.00355. The Kier molecular flexibility index (Phi) is 17.5. The maximum absolute atomic E-state index is 16.2. The summed E-state index contributed by atoms with van der Waals surface area (Å²) in [6, 6.07) is 7.34. The molecular weight excluding hydrogens is 1100 g/mol. The molecule has 2 bridgehead atoms. The average molecular weight is 1190 g/mol. The number of H-pyrrole nitrogens is 1. The number of Topliss-reactive ketones (excluding diaryl/α,β-unsaturated/α-hetero) is 2. The predicted octanol–water partition coefficient (Wildman–Crippen LogP) is 7.02. The molecule has 0 amide bonds. The number of aromatic nitrogens is 1. The van der Waals surface area contributed by atoms with Crippen molar-refractivity contribution in [3.8, 4) is 17.6 Å². The van der Waals surface area contributed by atoms with E-state index in [9.17, 15) is 45.3 Å². The Morgan fingerprint density at radius 3 is 2.42 bits per heavy atom. The Hall–Kier alpha value is -4.32. The number of aliphatic hydroxyl groups excluding tert-OH is 4. The molecule has 2 saturated heterocycles. The summed E-state index contributed by atoms with van der Waals surface area (Å²) in [4.78, 5) is 53.0. The lowest BCUT2D eigenvalue weighted by Gasteiger charge is -2.63. The number of hydrogen-bond acceptors (Lipinski definition) is 15. The number of carbonyl (C=O) groups excluding carboxylic acids is 3. The van der Waals surface area contributed by atoms with E-state index in [0.29, 0.717) is 48.2 Å². The van der Waals surface area contributed by atoms with Crippen LogP contribution < -0.4 is 16.8 Å². The van der Waals surface area contributed by atoms with Gasteiger partial charge in [0.05, 0.1) is 47.7 Å². The number of cyclic esters (lactones) is 1. The van der Waals surface area contributed by atoms with Gasteiger partial charge in [-0.05, 0) is 166 Å². The summed E-state index contributed by atoms with van der Waals surface area (Å²) >= 11 is 0. The number of aromatic amines is 1. The van der Waals surface area contributed by atoms with Gasteiger partial charge in [-0.1, -0.05) is 79.0 Å². The molecule has 84 heavy (non-hydrogen) atoms. The van der Waals surface area contributed by atoms with Gasteiger partial charge in [0, 0.05) is 84.2 Å². The van der Waals surface area contributed by atoms with Crippen molar-refractivity contribution < 1.29 is 54.9 Å². The van der Waals surface area contributed by atoms with Gasteiger partial charge >= 0.3 is 5.97 Å². The van der Waals surface area contributed by atoms with E-state index in [4.69, 9.17) is 16.2 Å². The molecule has 11 rings (SSSR count). The van der Waals surface area contributed by atoms with Crippen LogP contribution in [0, 0.1) is 93.7 Å². The first kappa shape index (κ1) is 61.3. The molecule has 23 unspecified atom stereocenters. The molecule has 18 heteroatoms. The van der Waals surface area contributed by atoms with Crippen LogP contribution in [0.1, 0.15) is 147 Å². The van der Waals surface area contributed by atoms with E-state index in [2.05, 4.69) is 54.0 Å². The Balaban J connectivity index is 1.09. The average Bonchev–Trinajstić information content (AvgIpc) is 1.32. The minimum atomic E-state index is -1.97. The van der Waals surface area contributed by atoms with Crippen molar-refractivity contribution in [2.24, 2.45) is 98.3 Å². The lowest BCUT2D eigenvalue weighted by atomic mass is 9.43. The standard InChI is InChI=1S/C66H91N5O11S2/c1-6-51-53(54(61(79)82-51)40-19-22-69-30-40)38-8-7-9-39-28-66(81)56-47(18-20-65(66,21-23-70-62(67)68)60(39)64(5,80)52(76)25-35(3)43-17-14-37-11-10-34(2)24-44(37)45(43)26-38)63(4)29-50(75)58(77)46-33-84-83-32-41(36-12-15-42(73)16-13-36)27-49(74)48(31-72)71-57(56)59(78)55(46)63/h12-16,19,22,30,34-35,38-39,41,43-48,50-55,58,60,69,71-73,75-77,80-81H,6,9-11,17-18,20-21,23-29,31-33H2,1-5H3,(H4,67,68,70). The van der Waals surface area contributed by atoms with Crippen molar-refractivity contribution in [2.45, 2.75) is 178 Å². The van der Waals surface area contributed by atoms with Crippen LogP contribution in [-0.2, 0) is 19.1 Å². The number of hydrogen-bond donors (Lipinski definition) is 11. The number of aromatic hydroxyl groups is 1. The van der Waals surface area contributed by atoms with Crippen LogP contribution in [0.3, 0.4) is 0 Å². The van der Waals surface area contributed by atoms with E-state index in [-0.39, 0.29) is 122 Å². The first-order valence-electron chi connectivity index (χ1n) is 31.3. The second kappa shape index (κ2) is 24.0. The van der Waals surface area contributed by atoms with Crippen molar-refractivity contribution >= 4 is 45.1 Å². The normalized spacial score (nSPS) is 44.3. The zero-order valence-corrected chi connectivity index (χ0v) is 51.1. The smallest absolute Gasteiger partial charge is 0.314 e. The molecule has 1 aromatic heterocycles. The highest BCUT2D eigenvalue weighted by molar-refractivity contribution is 8.76. The van der Waals surface area contributed by atoms with Gasteiger partial charge in [0.15, 0.2) is 17.5 Å². The molecule has 1 aromatic carbocycles. The summed E-state index contributed by atoms with van der Waals surface area (Å²) in [6.45, 7) is 9.64. The number of guanidine groups is 1. The van der Waals surface area contributed by atoms with Crippen LogP contribution in [0.4, 0.5) is 0 Å². The van der Waals surface area contributed by atoms with Crippen LogP contribution in [0.5, 0.6) is 5.75 Å². The second-order valence-corrected chi connectivity index (χ2v) is 30.4. The van der Waals surface area contributed by atoms with Crippen LogP contribution in [0.2, 0.25) is 0 Å². The molecule has 2 aromatic rings. The van der Waals surface area contributed by atoms with E-state index in [1.165, 1.54) is 27.2 Å². The Morgan fingerprint density at radius 2 is 1.70 bits per heavy atom. The maximum atomic E-state index is 16.2. The van der Waals surface area contributed by atoms with Gasteiger partial charge in [-0.15, -0.1) is 5.92 Å². The van der Waals surface area contributed by atoms with E-state index >= 15 is 4.79 Å². The maximum Gasteiger partial charge on any atom is 0.314 e. The number of carbonyl (C=O) groups is 3. The molecule has 458 valence electrons. The largest absolute Gasteiger partial charge is 0.508 e. The topological polar surface area (TPSA) is 294 Å². The quantitative estimate of drug-likeness (QED) is 0.0316. The van der Waals surface area contributed by atoms with Crippen LogP contribution >= 0.6 is 21.6 Å². The highest BCUT2D eigenvalue weighted by Crippen LogP contribution is 2.73. The zero-order valence-electron chi connectivity index (χ0n) is 49.5. The van der Waals surface area contributed by atoms with Gasteiger partial charge in [-0.3, -0.25) is 19.4 Å². The summed E-state index contributed by atoms with van der Waals surface area (Å²) in [5, 5.41) is 90.8. The molecule has 13 N–H and O–H groups in total. The number of aliphatic hydroxyl groups is 6. The minimum Gasteiger partial charge on any atom is -0.508 e. The van der Waals surface area contributed by atoms with Crippen molar-refractivity contribution in [2.75, 3.05) is 24.7 Å². The van der Waals surface area contributed by atoms with Gasteiger partial charge < -0.3 is 62.3 Å². The molecular formula is C66H91N5O11S2. The number of phenols is 1. The van der Waals surface area contributed by atoms with Crippen molar-refractivity contribution in [3.05, 3.63) is 76.8 Å². The molecule has 16 nitrogen and oxygen atoms in total. The second-order valence-electron chi connectivity index (χ2n) is 27.8. The number of ketones is 2. The molecule has 9 aliphatic rings. The SMILES string of the molecule is CCC1OC(=O)C(c2cc[nH]c2)C1C1C#CCC2CC3(O)C4=C5NC(CO)C(=O)CC(c6ccc(O)cc6)CSSCC6C(O)C(O)CC(C)(C4CCC3(CCN=C(N)N)C2C(C)(O)C(O)CC(C)C2CC=C3CCC(C)CC3C2C1)C6C5=O. The number of nitrogens with one attached hydrogen (secondary N) is 2. The number of rotatable bonds is 8. The van der Waals surface area contributed by atoms with Gasteiger partial charge in [-0.2, -0.15) is 0 Å². The summed E-state index contributed by atoms with van der Waals surface area (Å²) in [5.74, 6) is 3.05. The Bertz CT molecular complexity index is 2940. The summed E-state index contributed by atoms with van der Waals surface area (Å²) in [6.07, 6.45) is 8.59. The molecule has 2 aliphatic heterocycles. The van der Waals surface area contributed by atoms with E-state index < -0.39 is 94.3 Å². The number of benzene rings is 1. The third kappa shape index (κ3) is 10.6. The fourth-order valence-corrected chi connectivity index (χ4v) is 22.2. The number of phenolic OH excluding ortho intramolecular Hbond substituents is 1. The molecule has 0 radical (unpaired) electrons. The van der Waals surface area contributed by atoms with Gasteiger partial charge in [-0.25, -0.2) is 0 Å². The van der Waals surface area contributed by atoms with Crippen LogP contribution in [0.25, 0.3) is 0 Å². The van der Waals surface area contributed by atoms with Crippen molar-refractivity contribution in [1.82, 2.24) is 10.3 Å². The predicted molar refractivity (Wildman–Crippen MR) is 324 cm³/mol. The third-order valence-electron chi connectivity index (χ3n) is 23.3. The third-order valence-corrected chi connectivity index (χ3v) is 25.8. The van der Waals surface area contributed by atoms with Gasteiger partial charge in [0.2, 0.25) is 0 Å². The van der Waals surface area contributed by atoms with E-state index in [1.807, 2.05) is 25.4 Å². The highest BCUT2D eigenvalue weighted by atomic mass is 33.1.